The number of hydrogen-bond acceptors (Lipinski definition) is 5. The fourth-order valence-electron chi connectivity index (χ4n) is 3.01. The monoisotopic (exact) mass is 381 g/mol. The first-order valence-corrected chi connectivity index (χ1v) is 9.21. The molecule has 2 N–H and O–H groups in total. The van der Waals surface area contributed by atoms with E-state index < -0.39 is 0 Å². The van der Waals surface area contributed by atoms with Gasteiger partial charge in [0.05, 0.1) is 11.3 Å². The summed E-state index contributed by atoms with van der Waals surface area (Å²) in [5.41, 5.74) is 8.52. The van der Waals surface area contributed by atoms with Gasteiger partial charge in [-0.25, -0.2) is 0 Å². The van der Waals surface area contributed by atoms with Crippen molar-refractivity contribution in [3.63, 3.8) is 0 Å². The molecule has 1 aromatic carbocycles. The minimum Gasteiger partial charge on any atom is -0.361 e. The molecule has 2 heterocycles. The lowest BCUT2D eigenvalue weighted by Crippen LogP contribution is -2.30. The summed E-state index contributed by atoms with van der Waals surface area (Å²) in [6.07, 6.45) is 0.997. The van der Waals surface area contributed by atoms with Crippen molar-refractivity contribution in [1.29, 1.82) is 0 Å². The number of carbonyl (C=O) groups excluding carboxylic acids is 1. The largest absolute Gasteiger partial charge is 0.361 e. The second-order valence-electron chi connectivity index (χ2n) is 6.23. The van der Waals surface area contributed by atoms with E-state index in [1.54, 1.807) is 11.8 Å². The van der Waals surface area contributed by atoms with Crippen molar-refractivity contribution in [3.05, 3.63) is 46.8 Å². The van der Waals surface area contributed by atoms with E-state index in [-0.39, 0.29) is 18.3 Å². The van der Waals surface area contributed by atoms with E-state index in [4.69, 9.17) is 10.3 Å². The summed E-state index contributed by atoms with van der Waals surface area (Å²) in [5, 5.41) is 3.99. The second-order valence-corrected chi connectivity index (χ2v) is 7.25. The van der Waals surface area contributed by atoms with Gasteiger partial charge in [0, 0.05) is 29.3 Å². The van der Waals surface area contributed by atoms with Crippen molar-refractivity contribution in [1.82, 2.24) is 10.1 Å². The molecule has 1 amide bonds. The van der Waals surface area contributed by atoms with Crippen LogP contribution in [0.2, 0.25) is 0 Å². The topological polar surface area (TPSA) is 72.4 Å². The highest BCUT2D eigenvalue weighted by Crippen LogP contribution is 2.30. The third kappa shape index (κ3) is 4.37. The van der Waals surface area contributed by atoms with Crippen LogP contribution in [0.5, 0.6) is 0 Å². The molecule has 25 heavy (non-hydrogen) atoms. The van der Waals surface area contributed by atoms with Crippen LogP contribution >= 0.6 is 24.2 Å². The Bertz CT molecular complexity index is 715. The van der Waals surface area contributed by atoms with Gasteiger partial charge in [-0.15, -0.1) is 24.2 Å². The van der Waals surface area contributed by atoms with E-state index in [0.29, 0.717) is 12.5 Å². The third-order valence-corrected chi connectivity index (χ3v) is 5.68. The maximum Gasteiger partial charge on any atom is 0.254 e. The van der Waals surface area contributed by atoms with Crippen molar-refractivity contribution in [3.8, 4) is 0 Å². The fourth-order valence-corrected chi connectivity index (χ4v) is 4.20. The lowest BCUT2D eigenvalue weighted by molar-refractivity contribution is 0.0784. The van der Waals surface area contributed by atoms with Gasteiger partial charge in [-0.3, -0.25) is 4.79 Å². The maximum atomic E-state index is 12.9. The zero-order chi connectivity index (χ0) is 17.1. The molecule has 0 bridgehead atoms. The molecule has 2 aromatic rings. The summed E-state index contributed by atoms with van der Waals surface area (Å²) in [7, 11) is 0. The number of halogens is 1. The molecule has 1 fully saturated rings. The first-order valence-electron chi connectivity index (χ1n) is 8.23. The average molecular weight is 382 g/mol. The quantitative estimate of drug-likeness (QED) is 0.803. The lowest BCUT2D eigenvalue weighted by atomic mass is 10.1. The summed E-state index contributed by atoms with van der Waals surface area (Å²) < 4.78 is 5.22. The van der Waals surface area contributed by atoms with E-state index in [1.165, 1.54) is 0 Å². The molecule has 0 saturated carbocycles. The Kier molecular flexibility index (Phi) is 6.93. The van der Waals surface area contributed by atoms with Gasteiger partial charge in [-0.2, -0.15) is 0 Å². The van der Waals surface area contributed by atoms with Crippen LogP contribution < -0.4 is 5.73 Å². The van der Waals surface area contributed by atoms with Gasteiger partial charge in [0.25, 0.3) is 5.91 Å². The summed E-state index contributed by atoms with van der Waals surface area (Å²) in [5.74, 6) is 2.12. The standard InChI is InChI=1S/C18H23N3O2S.ClH/c1-12-16(13(2)23-20-12)11-24-17-6-4-3-5-15(17)18(22)21-8-7-14(9-19)10-21;/h3-6,14H,7-11,19H2,1-2H3;1H. The molecule has 1 atom stereocenters. The highest BCUT2D eigenvalue weighted by molar-refractivity contribution is 7.98. The van der Waals surface area contributed by atoms with Crippen LogP contribution in [0.4, 0.5) is 0 Å². The van der Waals surface area contributed by atoms with Crippen LogP contribution in [0.1, 0.15) is 33.8 Å². The van der Waals surface area contributed by atoms with Crippen molar-refractivity contribution in [2.45, 2.75) is 30.9 Å². The molecule has 0 aliphatic carbocycles. The summed E-state index contributed by atoms with van der Waals surface area (Å²) in [4.78, 5) is 15.8. The highest BCUT2D eigenvalue weighted by atomic mass is 35.5. The Labute approximate surface area is 158 Å². The highest BCUT2D eigenvalue weighted by Gasteiger charge is 2.27. The molecular formula is C18H24ClN3O2S. The number of nitrogens with zero attached hydrogens (tertiary/aromatic N) is 2. The molecule has 1 saturated heterocycles. The van der Waals surface area contributed by atoms with Crippen LogP contribution in [-0.2, 0) is 5.75 Å². The van der Waals surface area contributed by atoms with Crippen molar-refractivity contribution in [2.75, 3.05) is 19.6 Å². The van der Waals surface area contributed by atoms with Gasteiger partial charge < -0.3 is 15.2 Å². The van der Waals surface area contributed by atoms with E-state index in [1.807, 2.05) is 43.0 Å². The Balaban J connectivity index is 0.00000225. The van der Waals surface area contributed by atoms with Crippen LogP contribution in [0.25, 0.3) is 0 Å². The summed E-state index contributed by atoms with van der Waals surface area (Å²) in [6, 6.07) is 7.81. The molecule has 7 heteroatoms. The van der Waals surface area contributed by atoms with Crippen molar-refractivity contribution in [2.24, 2.45) is 11.7 Å². The second kappa shape index (κ2) is 8.74. The predicted molar refractivity (Wildman–Crippen MR) is 102 cm³/mol. The van der Waals surface area contributed by atoms with E-state index >= 15 is 0 Å². The molecule has 0 spiro atoms. The number of amides is 1. The van der Waals surface area contributed by atoms with Crippen molar-refractivity contribution >= 4 is 30.1 Å². The molecular weight excluding hydrogens is 358 g/mol. The van der Waals surface area contributed by atoms with Gasteiger partial charge in [-0.1, -0.05) is 17.3 Å². The molecule has 5 nitrogen and oxygen atoms in total. The number of aromatic nitrogens is 1. The van der Waals surface area contributed by atoms with Gasteiger partial charge >= 0.3 is 0 Å². The van der Waals surface area contributed by atoms with E-state index in [9.17, 15) is 4.79 Å². The van der Waals surface area contributed by atoms with Crippen LogP contribution in [0.15, 0.2) is 33.7 Å². The SMILES string of the molecule is Cc1noc(C)c1CSc1ccccc1C(=O)N1CCC(CN)C1.Cl. The zero-order valence-electron chi connectivity index (χ0n) is 14.5. The van der Waals surface area contributed by atoms with Crippen LogP contribution in [0.3, 0.4) is 0 Å². The third-order valence-electron chi connectivity index (χ3n) is 4.58. The Morgan fingerprint density at radius 3 is 2.80 bits per heavy atom. The first kappa shape index (κ1) is 19.8. The van der Waals surface area contributed by atoms with E-state index in [0.717, 1.165) is 52.7 Å². The minimum atomic E-state index is 0. The Hall–Kier alpha value is -1.50. The number of aryl methyl sites for hydroxylation is 2. The molecule has 0 radical (unpaired) electrons. The van der Waals surface area contributed by atoms with Crippen molar-refractivity contribution < 1.29 is 9.32 Å². The molecule has 1 unspecified atom stereocenters. The summed E-state index contributed by atoms with van der Waals surface area (Å²) in [6.45, 7) is 6.07. The minimum absolute atomic E-state index is 0. The molecule has 3 rings (SSSR count). The summed E-state index contributed by atoms with van der Waals surface area (Å²) >= 11 is 1.65. The number of rotatable bonds is 5. The van der Waals surface area contributed by atoms with Gasteiger partial charge in [0.2, 0.25) is 0 Å². The molecule has 1 aliphatic heterocycles. The molecule has 1 aliphatic rings. The zero-order valence-corrected chi connectivity index (χ0v) is 16.2. The number of benzene rings is 1. The van der Waals surface area contributed by atoms with E-state index in [2.05, 4.69) is 5.16 Å². The lowest BCUT2D eigenvalue weighted by Gasteiger charge is -2.18. The number of likely N-dealkylation sites (tertiary alicyclic amines) is 1. The van der Waals surface area contributed by atoms with Crippen LogP contribution in [0, 0.1) is 19.8 Å². The number of nitrogens with two attached hydrogens (primary N) is 1. The number of thioether (sulfide) groups is 1. The first-order chi connectivity index (χ1) is 11.6. The molecule has 1 aromatic heterocycles. The fraction of sp³-hybridized carbons (Fsp3) is 0.444. The molecule has 136 valence electrons. The number of carbonyl (C=O) groups is 1. The van der Waals surface area contributed by atoms with Gasteiger partial charge in [-0.05, 0) is 44.9 Å². The predicted octanol–water partition coefficient (Wildman–Crippen LogP) is 3.43. The average Bonchev–Trinajstić information content (AvgIpc) is 3.20. The Morgan fingerprint density at radius 2 is 2.16 bits per heavy atom. The Morgan fingerprint density at radius 1 is 1.40 bits per heavy atom. The van der Waals surface area contributed by atoms with Gasteiger partial charge in [0.15, 0.2) is 0 Å². The maximum absolute atomic E-state index is 12.9. The van der Waals surface area contributed by atoms with Gasteiger partial charge in [0.1, 0.15) is 5.76 Å². The van der Waals surface area contributed by atoms with Crippen LogP contribution in [-0.4, -0.2) is 35.6 Å². The smallest absolute Gasteiger partial charge is 0.254 e. The normalized spacial score (nSPS) is 16.8. The number of hydrogen-bond donors (Lipinski definition) is 1.